The lowest BCUT2D eigenvalue weighted by molar-refractivity contribution is 0.0536. The van der Waals surface area contributed by atoms with Crippen molar-refractivity contribution in [2.24, 2.45) is 10.9 Å². The third kappa shape index (κ3) is 8.70. The lowest BCUT2D eigenvalue weighted by atomic mass is 10.1. The molecular formula is C18H34IN3O3. The van der Waals surface area contributed by atoms with E-state index in [2.05, 4.69) is 23.2 Å². The SMILES string of the molecule is CCNC(=NCCC1=CCOCC1)N1CCC(COCCOC)C1.I. The van der Waals surface area contributed by atoms with Crippen LogP contribution in [0.5, 0.6) is 0 Å². The number of likely N-dealkylation sites (tertiary alicyclic amines) is 1. The molecule has 2 aliphatic heterocycles. The van der Waals surface area contributed by atoms with Gasteiger partial charge >= 0.3 is 0 Å². The summed E-state index contributed by atoms with van der Waals surface area (Å²) in [7, 11) is 1.70. The zero-order chi connectivity index (χ0) is 17.0. The minimum atomic E-state index is 0. The molecule has 1 fully saturated rings. The highest BCUT2D eigenvalue weighted by molar-refractivity contribution is 14.0. The van der Waals surface area contributed by atoms with Crippen LogP contribution in [0.15, 0.2) is 16.6 Å². The van der Waals surface area contributed by atoms with Crippen LogP contribution in [0.4, 0.5) is 0 Å². The van der Waals surface area contributed by atoms with Crippen LogP contribution in [0, 0.1) is 5.92 Å². The maximum absolute atomic E-state index is 5.68. The summed E-state index contributed by atoms with van der Waals surface area (Å²) in [6.07, 6.45) is 5.46. The Bertz CT molecular complexity index is 418. The van der Waals surface area contributed by atoms with Gasteiger partial charge in [0.15, 0.2) is 5.96 Å². The van der Waals surface area contributed by atoms with Crippen molar-refractivity contribution in [2.75, 3.05) is 66.3 Å². The van der Waals surface area contributed by atoms with Crippen LogP contribution in [0.2, 0.25) is 0 Å². The van der Waals surface area contributed by atoms with E-state index < -0.39 is 0 Å². The number of ether oxygens (including phenoxy) is 3. The van der Waals surface area contributed by atoms with E-state index in [1.807, 2.05) is 0 Å². The number of hydrogen-bond acceptors (Lipinski definition) is 4. The summed E-state index contributed by atoms with van der Waals surface area (Å²) in [5.74, 6) is 1.63. The molecule has 0 spiro atoms. The van der Waals surface area contributed by atoms with Crippen molar-refractivity contribution in [1.82, 2.24) is 10.2 Å². The van der Waals surface area contributed by atoms with Crippen LogP contribution in [0.25, 0.3) is 0 Å². The van der Waals surface area contributed by atoms with E-state index in [1.165, 1.54) is 12.0 Å². The van der Waals surface area contributed by atoms with Crippen LogP contribution < -0.4 is 5.32 Å². The molecule has 0 saturated carbocycles. The van der Waals surface area contributed by atoms with Gasteiger partial charge in [-0.05, 0) is 26.2 Å². The van der Waals surface area contributed by atoms with Gasteiger partial charge in [0.2, 0.25) is 0 Å². The average Bonchev–Trinajstić information content (AvgIpc) is 3.08. The number of halogens is 1. The standard InChI is InChI=1S/C18H33N3O3.HI/c1-3-19-18(20-8-4-16-6-10-23-11-7-16)21-9-5-17(14-21)15-24-13-12-22-2;/h6,17H,3-5,7-15H2,1-2H3,(H,19,20);1H. The van der Waals surface area contributed by atoms with Gasteiger partial charge in [-0.2, -0.15) is 0 Å². The van der Waals surface area contributed by atoms with Gasteiger partial charge in [-0.3, -0.25) is 4.99 Å². The molecule has 7 heteroatoms. The summed E-state index contributed by atoms with van der Waals surface area (Å²) < 4.78 is 16.0. The lowest BCUT2D eigenvalue weighted by Crippen LogP contribution is -2.40. The molecule has 1 atom stereocenters. The summed E-state index contributed by atoms with van der Waals surface area (Å²) in [4.78, 5) is 7.19. The van der Waals surface area contributed by atoms with Crippen molar-refractivity contribution in [3.05, 3.63) is 11.6 Å². The Morgan fingerprint density at radius 3 is 3.04 bits per heavy atom. The number of guanidine groups is 1. The second-order valence-electron chi connectivity index (χ2n) is 6.34. The van der Waals surface area contributed by atoms with E-state index in [1.54, 1.807) is 7.11 Å². The number of methoxy groups -OCH3 is 1. The molecule has 6 nitrogen and oxygen atoms in total. The Labute approximate surface area is 169 Å². The van der Waals surface area contributed by atoms with Crippen LogP contribution in [0.3, 0.4) is 0 Å². The normalized spacial score (nSPS) is 21.0. The first-order chi connectivity index (χ1) is 11.8. The summed E-state index contributed by atoms with van der Waals surface area (Å²) in [6.45, 7) is 9.73. The summed E-state index contributed by atoms with van der Waals surface area (Å²) in [5, 5.41) is 3.43. The molecule has 0 bridgehead atoms. The molecule has 25 heavy (non-hydrogen) atoms. The molecule has 1 N–H and O–H groups in total. The van der Waals surface area contributed by atoms with Crippen molar-refractivity contribution in [2.45, 2.75) is 26.2 Å². The molecule has 0 radical (unpaired) electrons. The molecule has 0 amide bonds. The highest BCUT2D eigenvalue weighted by Crippen LogP contribution is 2.17. The molecule has 0 aromatic carbocycles. The number of nitrogens with zero attached hydrogens (tertiary/aromatic N) is 2. The molecule has 1 saturated heterocycles. The minimum Gasteiger partial charge on any atom is -0.382 e. The molecule has 0 aliphatic carbocycles. The van der Waals surface area contributed by atoms with Crippen LogP contribution >= 0.6 is 24.0 Å². The fourth-order valence-electron chi connectivity index (χ4n) is 3.08. The van der Waals surface area contributed by atoms with Crippen LogP contribution in [-0.2, 0) is 14.2 Å². The van der Waals surface area contributed by atoms with Gasteiger partial charge in [-0.15, -0.1) is 24.0 Å². The van der Waals surface area contributed by atoms with E-state index in [0.717, 1.165) is 64.8 Å². The van der Waals surface area contributed by atoms with E-state index in [-0.39, 0.29) is 24.0 Å². The van der Waals surface area contributed by atoms with Gasteiger partial charge in [0.25, 0.3) is 0 Å². The van der Waals surface area contributed by atoms with Gasteiger partial charge in [-0.25, -0.2) is 0 Å². The molecule has 2 heterocycles. The fourth-order valence-corrected chi connectivity index (χ4v) is 3.08. The van der Waals surface area contributed by atoms with E-state index in [9.17, 15) is 0 Å². The van der Waals surface area contributed by atoms with Crippen LogP contribution in [0.1, 0.15) is 26.2 Å². The van der Waals surface area contributed by atoms with E-state index in [0.29, 0.717) is 19.1 Å². The van der Waals surface area contributed by atoms with E-state index >= 15 is 0 Å². The Balaban J connectivity index is 0.00000312. The first kappa shape index (κ1) is 22.7. The largest absolute Gasteiger partial charge is 0.382 e. The second kappa shape index (κ2) is 13.8. The Morgan fingerprint density at radius 1 is 1.44 bits per heavy atom. The molecule has 0 aromatic heterocycles. The fraction of sp³-hybridized carbons (Fsp3) is 0.833. The van der Waals surface area contributed by atoms with Crippen molar-refractivity contribution < 1.29 is 14.2 Å². The Hall–Kier alpha value is -0.380. The molecule has 2 aliphatic rings. The summed E-state index contributed by atoms with van der Waals surface area (Å²) >= 11 is 0. The smallest absolute Gasteiger partial charge is 0.193 e. The average molecular weight is 467 g/mol. The lowest BCUT2D eigenvalue weighted by Gasteiger charge is -2.22. The first-order valence-electron chi connectivity index (χ1n) is 9.19. The Morgan fingerprint density at radius 2 is 2.32 bits per heavy atom. The number of aliphatic imine (C=N–C) groups is 1. The minimum absolute atomic E-state index is 0. The quantitative estimate of drug-likeness (QED) is 0.186. The third-order valence-corrected chi connectivity index (χ3v) is 4.46. The summed E-state index contributed by atoms with van der Waals surface area (Å²) in [5.41, 5.74) is 1.48. The Kier molecular flexibility index (Phi) is 12.5. The van der Waals surface area contributed by atoms with Gasteiger partial charge in [-0.1, -0.05) is 11.6 Å². The molecular weight excluding hydrogens is 433 g/mol. The monoisotopic (exact) mass is 467 g/mol. The topological polar surface area (TPSA) is 55.3 Å². The first-order valence-corrected chi connectivity index (χ1v) is 9.19. The van der Waals surface area contributed by atoms with Gasteiger partial charge in [0, 0.05) is 39.2 Å². The van der Waals surface area contributed by atoms with Gasteiger partial charge in [0.1, 0.15) is 0 Å². The second-order valence-corrected chi connectivity index (χ2v) is 6.34. The van der Waals surface area contributed by atoms with Crippen LogP contribution in [-0.4, -0.2) is 77.2 Å². The molecule has 0 aromatic rings. The van der Waals surface area contributed by atoms with Gasteiger partial charge < -0.3 is 24.4 Å². The zero-order valence-corrected chi connectivity index (χ0v) is 18.0. The highest BCUT2D eigenvalue weighted by atomic mass is 127. The van der Waals surface area contributed by atoms with Crippen molar-refractivity contribution in [1.29, 1.82) is 0 Å². The highest BCUT2D eigenvalue weighted by Gasteiger charge is 2.24. The molecule has 146 valence electrons. The predicted octanol–water partition coefficient (Wildman–Crippen LogP) is 2.29. The van der Waals surface area contributed by atoms with Gasteiger partial charge in [0.05, 0.1) is 33.0 Å². The third-order valence-electron chi connectivity index (χ3n) is 4.46. The maximum atomic E-state index is 5.68. The van der Waals surface area contributed by atoms with Crippen molar-refractivity contribution >= 4 is 29.9 Å². The van der Waals surface area contributed by atoms with Crippen molar-refractivity contribution in [3.8, 4) is 0 Å². The number of rotatable bonds is 9. The molecule has 2 rings (SSSR count). The predicted molar refractivity (Wildman–Crippen MR) is 112 cm³/mol. The van der Waals surface area contributed by atoms with Crippen molar-refractivity contribution in [3.63, 3.8) is 0 Å². The number of hydrogen-bond donors (Lipinski definition) is 1. The zero-order valence-electron chi connectivity index (χ0n) is 15.7. The summed E-state index contributed by atoms with van der Waals surface area (Å²) in [6, 6.07) is 0. The maximum Gasteiger partial charge on any atom is 0.193 e. The number of nitrogens with one attached hydrogen (secondary N) is 1. The molecule has 1 unspecified atom stereocenters. The van der Waals surface area contributed by atoms with E-state index in [4.69, 9.17) is 19.2 Å².